The van der Waals surface area contributed by atoms with Gasteiger partial charge >= 0.3 is 0 Å². The summed E-state index contributed by atoms with van der Waals surface area (Å²) < 4.78 is 0. The molecule has 1 amide bonds. The molecule has 0 bridgehead atoms. The number of rotatable bonds is 4. The van der Waals surface area contributed by atoms with Gasteiger partial charge in [0.15, 0.2) is 0 Å². The predicted octanol–water partition coefficient (Wildman–Crippen LogP) is 2.85. The van der Waals surface area contributed by atoms with Crippen LogP contribution in [0.1, 0.15) is 42.6 Å². The van der Waals surface area contributed by atoms with Crippen molar-refractivity contribution in [3.63, 3.8) is 0 Å². The molecule has 0 aliphatic carbocycles. The van der Waals surface area contributed by atoms with Gasteiger partial charge in [-0.05, 0) is 57.8 Å². The molecule has 1 heterocycles. The van der Waals surface area contributed by atoms with E-state index in [1.165, 1.54) is 12.8 Å². The molecular formula is C17H26N2O. The third kappa shape index (κ3) is 4.07. The van der Waals surface area contributed by atoms with Crippen molar-refractivity contribution >= 4 is 5.91 Å². The van der Waals surface area contributed by atoms with Crippen molar-refractivity contribution < 1.29 is 4.79 Å². The molecule has 1 fully saturated rings. The number of benzene rings is 1. The zero-order valence-electron chi connectivity index (χ0n) is 12.9. The van der Waals surface area contributed by atoms with Crippen LogP contribution < -0.4 is 5.32 Å². The molecule has 0 saturated carbocycles. The first kappa shape index (κ1) is 15.0. The Morgan fingerprint density at radius 2 is 2.10 bits per heavy atom. The van der Waals surface area contributed by atoms with Gasteiger partial charge in [-0.3, -0.25) is 9.69 Å². The Balaban J connectivity index is 1.81. The molecule has 110 valence electrons. The fourth-order valence-electron chi connectivity index (χ4n) is 2.73. The van der Waals surface area contributed by atoms with Crippen LogP contribution in [0, 0.1) is 12.8 Å². The zero-order chi connectivity index (χ0) is 14.5. The van der Waals surface area contributed by atoms with Crippen LogP contribution in [0.15, 0.2) is 24.3 Å². The van der Waals surface area contributed by atoms with Crippen LogP contribution in [0.2, 0.25) is 0 Å². The monoisotopic (exact) mass is 274 g/mol. The Hall–Kier alpha value is -1.35. The minimum absolute atomic E-state index is 0.0333. The minimum atomic E-state index is 0.0333. The van der Waals surface area contributed by atoms with Gasteiger partial charge in [0.1, 0.15) is 0 Å². The summed E-state index contributed by atoms with van der Waals surface area (Å²) in [5.41, 5.74) is 1.88. The van der Waals surface area contributed by atoms with E-state index >= 15 is 0 Å². The Morgan fingerprint density at radius 3 is 2.75 bits per heavy atom. The summed E-state index contributed by atoms with van der Waals surface area (Å²) in [5, 5.41) is 3.05. The Morgan fingerprint density at radius 1 is 1.40 bits per heavy atom. The van der Waals surface area contributed by atoms with Crippen molar-refractivity contribution in [1.29, 1.82) is 0 Å². The molecule has 0 radical (unpaired) electrons. The van der Waals surface area contributed by atoms with Gasteiger partial charge in [-0.25, -0.2) is 0 Å². The van der Waals surface area contributed by atoms with Gasteiger partial charge in [0.2, 0.25) is 0 Å². The highest BCUT2D eigenvalue weighted by Crippen LogP contribution is 2.17. The summed E-state index contributed by atoms with van der Waals surface area (Å²) in [7, 11) is 0. The summed E-state index contributed by atoms with van der Waals surface area (Å²) in [6.07, 6.45) is 2.55. The lowest BCUT2D eigenvalue weighted by molar-refractivity contribution is 0.0921. The van der Waals surface area contributed by atoms with E-state index in [-0.39, 0.29) is 5.91 Å². The summed E-state index contributed by atoms with van der Waals surface area (Å²) >= 11 is 0. The van der Waals surface area contributed by atoms with Gasteiger partial charge in [-0.1, -0.05) is 24.6 Å². The number of carbonyl (C=O) groups excluding carboxylic acids is 1. The second-order valence-corrected chi connectivity index (χ2v) is 6.15. The van der Waals surface area contributed by atoms with Crippen molar-refractivity contribution in [3.05, 3.63) is 35.4 Å². The van der Waals surface area contributed by atoms with Crippen LogP contribution >= 0.6 is 0 Å². The molecule has 3 heteroatoms. The molecule has 2 rings (SSSR count). The number of nitrogens with one attached hydrogen (secondary N) is 1. The number of nitrogens with zero attached hydrogens (tertiary/aromatic N) is 1. The summed E-state index contributed by atoms with van der Waals surface area (Å²) in [5.74, 6) is 0.881. The normalized spacial score (nSPS) is 18.8. The quantitative estimate of drug-likeness (QED) is 0.915. The predicted molar refractivity (Wildman–Crippen MR) is 82.9 cm³/mol. The van der Waals surface area contributed by atoms with Gasteiger partial charge < -0.3 is 5.32 Å². The van der Waals surface area contributed by atoms with Crippen molar-refractivity contribution in [2.75, 3.05) is 19.6 Å². The molecule has 0 spiro atoms. The number of amides is 1. The zero-order valence-corrected chi connectivity index (χ0v) is 12.9. The third-order valence-corrected chi connectivity index (χ3v) is 4.28. The van der Waals surface area contributed by atoms with Gasteiger partial charge in [0, 0.05) is 18.2 Å². The van der Waals surface area contributed by atoms with Crippen molar-refractivity contribution in [3.8, 4) is 0 Å². The number of hydrogen-bond donors (Lipinski definition) is 1. The van der Waals surface area contributed by atoms with E-state index in [0.717, 1.165) is 36.7 Å². The first-order valence-electron chi connectivity index (χ1n) is 7.65. The standard InChI is InChI=1S/C17H26N2O/c1-13-7-9-19(10-8-13)15(3)12-18-17(20)16-6-4-5-14(2)11-16/h4-6,11,13,15H,7-10,12H2,1-3H3,(H,18,20). The number of aryl methyl sites for hydroxylation is 1. The van der Waals surface area contributed by atoms with E-state index in [0.29, 0.717) is 6.04 Å². The highest BCUT2D eigenvalue weighted by Gasteiger charge is 2.20. The van der Waals surface area contributed by atoms with Crippen LogP contribution in [-0.4, -0.2) is 36.5 Å². The molecule has 1 aliphatic heterocycles. The van der Waals surface area contributed by atoms with Crippen molar-refractivity contribution in [2.24, 2.45) is 5.92 Å². The highest BCUT2D eigenvalue weighted by atomic mass is 16.1. The summed E-state index contributed by atoms with van der Waals surface area (Å²) in [6, 6.07) is 8.16. The number of likely N-dealkylation sites (tertiary alicyclic amines) is 1. The Bertz CT molecular complexity index is 450. The summed E-state index contributed by atoms with van der Waals surface area (Å²) in [6.45, 7) is 9.56. The van der Waals surface area contributed by atoms with Crippen molar-refractivity contribution in [1.82, 2.24) is 10.2 Å². The van der Waals surface area contributed by atoms with Crippen molar-refractivity contribution in [2.45, 2.75) is 39.7 Å². The average Bonchev–Trinajstić information content (AvgIpc) is 2.45. The van der Waals surface area contributed by atoms with Gasteiger partial charge in [-0.2, -0.15) is 0 Å². The lowest BCUT2D eigenvalue weighted by Gasteiger charge is -2.35. The SMILES string of the molecule is Cc1cccc(C(=O)NCC(C)N2CCC(C)CC2)c1. The van der Waals surface area contributed by atoms with Gasteiger partial charge in [0.25, 0.3) is 5.91 Å². The molecular weight excluding hydrogens is 248 g/mol. The average molecular weight is 274 g/mol. The van der Waals surface area contributed by atoms with Crippen LogP contribution in [-0.2, 0) is 0 Å². The van der Waals surface area contributed by atoms with E-state index in [1.807, 2.05) is 31.2 Å². The highest BCUT2D eigenvalue weighted by molar-refractivity contribution is 5.94. The van der Waals surface area contributed by atoms with E-state index in [4.69, 9.17) is 0 Å². The molecule has 1 atom stereocenters. The van der Waals surface area contributed by atoms with Crippen LogP contribution in [0.25, 0.3) is 0 Å². The third-order valence-electron chi connectivity index (χ3n) is 4.28. The van der Waals surface area contributed by atoms with E-state index in [9.17, 15) is 4.79 Å². The first-order valence-corrected chi connectivity index (χ1v) is 7.65. The molecule has 3 nitrogen and oxygen atoms in total. The van der Waals surface area contributed by atoms with Gasteiger partial charge in [-0.15, -0.1) is 0 Å². The fourth-order valence-corrected chi connectivity index (χ4v) is 2.73. The summed E-state index contributed by atoms with van der Waals surface area (Å²) in [4.78, 5) is 14.6. The van der Waals surface area contributed by atoms with E-state index < -0.39 is 0 Å². The number of carbonyl (C=O) groups is 1. The van der Waals surface area contributed by atoms with Crippen LogP contribution in [0.3, 0.4) is 0 Å². The smallest absolute Gasteiger partial charge is 0.251 e. The largest absolute Gasteiger partial charge is 0.350 e. The molecule has 1 aromatic carbocycles. The molecule has 0 aromatic heterocycles. The fraction of sp³-hybridized carbons (Fsp3) is 0.588. The lowest BCUT2D eigenvalue weighted by atomic mass is 9.98. The lowest BCUT2D eigenvalue weighted by Crippen LogP contribution is -2.45. The second kappa shape index (κ2) is 6.89. The number of hydrogen-bond acceptors (Lipinski definition) is 2. The van der Waals surface area contributed by atoms with Crippen LogP contribution in [0.5, 0.6) is 0 Å². The first-order chi connectivity index (χ1) is 9.56. The molecule has 1 aliphatic rings. The van der Waals surface area contributed by atoms with Crippen LogP contribution in [0.4, 0.5) is 0 Å². The van der Waals surface area contributed by atoms with Gasteiger partial charge in [0.05, 0.1) is 0 Å². The van der Waals surface area contributed by atoms with E-state index in [2.05, 4.69) is 24.1 Å². The Kier molecular flexibility index (Phi) is 5.18. The topological polar surface area (TPSA) is 32.3 Å². The maximum atomic E-state index is 12.1. The maximum Gasteiger partial charge on any atom is 0.251 e. The number of piperidine rings is 1. The molecule has 20 heavy (non-hydrogen) atoms. The molecule has 1 aromatic rings. The molecule has 1 saturated heterocycles. The molecule has 1 unspecified atom stereocenters. The minimum Gasteiger partial charge on any atom is -0.350 e. The maximum absolute atomic E-state index is 12.1. The van der Waals surface area contributed by atoms with E-state index in [1.54, 1.807) is 0 Å². The molecule has 1 N–H and O–H groups in total. The Labute approximate surface area is 122 Å². The second-order valence-electron chi connectivity index (χ2n) is 6.15.